The van der Waals surface area contributed by atoms with Crippen LogP contribution in [0.1, 0.15) is 25.7 Å². The number of aliphatic carboxylic acids is 1. The number of carbonyl (C=O) groups is 2. The number of hydrogen-bond acceptors (Lipinski definition) is 3. The number of nitrogens with zero attached hydrogens (tertiary/aromatic N) is 1. The van der Waals surface area contributed by atoms with Gasteiger partial charge in [0.1, 0.15) is 0 Å². The summed E-state index contributed by atoms with van der Waals surface area (Å²) in [4.78, 5) is 25.3. The number of carboxylic acids is 1. The fourth-order valence-electron chi connectivity index (χ4n) is 2.97. The van der Waals surface area contributed by atoms with Gasteiger partial charge in [-0.25, -0.2) is 0 Å². The Labute approximate surface area is 123 Å². The van der Waals surface area contributed by atoms with E-state index in [-0.39, 0.29) is 11.8 Å². The van der Waals surface area contributed by atoms with Crippen LogP contribution in [-0.4, -0.2) is 30.1 Å². The number of piperidine rings is 1. The van der Waals surface area contributed by atoms with Gasteiger partial charge in [0.25, 0.3) is 0 Å². The van der Waals surface area contributed by atoms with Crippen molar-refractivity contribution in [2.24, 2.45) is 11.8 Å². The quantitative estimate of drug-likeness (QED) is 0.892. The third-order valence-corrected chi connectivity index (χ3v) is 4.30. The molecule has 1 aromatic carbocycles. The molecule has 0 radical (unpaired) electrons. The first-order valence-electron chi connectivity index (χ1n) is 7.54. The molecule has 1 saturated carbocycles. The third kappa shape index (κ3) is 3.01. The molecule has 2 aliphatic rings. The zero-order valence-corrected chi connectivity index (χ0v) is 11.9. The number of carboxylic acid groups (broad SMARTS) is 1. The van der Waals surface area contributed by atoms with Gasteiger partial charge < -0.3 is 15.3 Å². The van der Waals surface area contributed by atoms with Crippen molar-refractivity contribution in [3.8, 4) is 0 Å². The van der Waals surface area contributed by atoms with Crippen LogP contribution >= 0.6 is 0 Å². The topological polar surface area (TPSA) is 69.6 Å². The molecule has 2 N–H and O–H groups in total. The highest BCUT2D eigenvalue weighted by atomic mass is 16.4. The summed E-state index contributed by atoms with van der Waals surface area (Å²) in [5.74, 6) is -1.93. The van der Waals surface area contributed by atoms with Crippen molar-refractivity contribution in [3.05, 3.63) is 24.3 Å². The summed E-state index contributed by atoms with van der Waals surface area (Å²) in [6, 6.07) is 7.77. The second kappa shape index (κ2) is 5.76. The summed E-state index contributed by atoms with van der Waals surface area (Å²) in [7, 11) is 0. The Hall–Kier alpha value is -2.04. The molecule has 0 spiro atoms. The number of benzene rings is 1. The van der Waals surface area contributed by atoms with Crippen LogP contribution in [0, 0.1) is 11.8 Å². The third-order valence-electron chi connectivity index (χ3n) is 4.30. The minimum atomic E-state index is -0.875. The van der Waals surface area contributed by atoms with E-state index in [1.165, 1.54) is 19.3 Å². The van der Waals surface area contributed by atoms with Gasteiger partial charge in [-0.15, -0.1) is 0 Å². The summed E-state index contributed by atoms with van der Waals surface area (Å²) in [6.07, 6.45) is 4.05. The van der Waals surface area contributed by atoms with E-state index in [1.807, 2.05) is 24.3 Å². The lowest BCUT2D eigenvalue weighted by Crippen LogP contribution is -2.30. The lowest BCUT2D eigenvalue weighted by molar-refractivity contribution is -0.139. The average molecular weight is 288 g/mol. The molecule has 5 heteroatoms. The van der Waals surface area contributed by atoms with Gasteiger partial charge in [0.05, 0.1) is 23.2 Å². The smallest absolute Gasteiger partial charge is 0.307 e. The Morgan fingerprint density at radius 1 is 1.10 bits per heavy atom. The van der Waals surface area contributed by atoms with E-state index < -0.39 is 11.9 Å². The number of nitrogens with one attached hydrogen (secondary N) is 1. The number of para-hydroxylation sites is 2. The number of amides is 1. The van der Waals surface area contributed by atoms with Gasteiger partial charge in [0, 0.05) is 13.1 Å². The van der Waals surface area contributed by atoms with Crippen LogP contribution in [0.5, 0.6) is 0 Å². The second-order valence-corrected chi connectivity index (χ2v) is 5.84. The van der Waals surface area contributed by atoms with Crippen molar-refractivity contribution >= 4 is 23.3 Å². The van der Waals surface area contributed by atoms with E-state index in [0.717, 1.165) is 24.5 Å². The van der Waals surface area contributed by atoms with E-state index in [1.54, 1.807) is 0 Å². The molecule has 1 saturated heterocycles. The van der Waals surface area contributed by atoms with Crippen molar-refractivity contribution in [2.45, 2.75) is 25.7 Å². The predicted octanol–water partition coefficient (Wildman–Crippen LogP) is 2.34. The zero-order chi connectivity index (χ0) is 14.8. The predicted molar refractivity (Wildman–Crippen MR) is 80.4 cm³/mol. The van der Waals surface area contributed by atoms with Crippen molar-refractivity contribution in [2.75, 3.05) is 23.3 Å². The maximum Gasteiger partial charge on any atom is 0.307 e. The minimum absolute atomic E-state index is 0.174. The first-order chi connectivity index (χ1) is 10.2. The molecule has 3 rings (SSSR count). The van der Waals surface area contributed by atoms with Crippen LogP contribution in [0.3, 0.4) is 0 Å². The van der Waals surface area contributed by atoms with Gasteiger partial charge in [-0.2, -0.15) is 0 Å². The molecule has 2 fully saturated rings. The van der Waals surface area contributed by atoms with Gasteiger partial charge in [0.2, 0.25) is 5.91 Å². The van der Waals surface area contributed by atoms with E-state index in [0.29, 0.717) is 6.42 Å². The van der Waals surface area contributed by atoms with E-state index >= 15 is 0 Å². The lowest BCUT2D eigenvalue weighted by atomic mass is 10.1. The lowest BCUT2D eigenvalue weighted by Gasteiger charge is -2.30. The number of anilines is 2. The van der Waals surface area contributed by atoms with Crippen LogP contribution in [-0.2, 0) is 9.59 Å². The van der Waals surface area contributed by atoms with E-state index in [4.69, 9.17) is 5.11 Å². The zero-order valence-electron chi connectivity index (χ0n) is 11.9. The molecule has 2 atom stereocenters. The first-order valence-corrected chi connectivity index (χ1v) is 7.54. The molecule has 0 aromatic heterocycles. The normalized spacial score (nSPS) is 24.5. The monoisotopic (exact) mass is 288 g/mol. The van der Waals surface area contributed by atoms with Gasteiger partial charge >= 0.3 is 5.97 Å². The maximum absolute atomic E-state index is 12.1. The SMILES string of the molecule is O=C(O)[C@H]1C[C@H]1C(=O)Nc1ccccc1N1CCCCC1. The molecular weight excluding hydrogens is 268 g/mol. The van der Waals surface area contributed by atoms with Gasteiger partial charge in [-0.1, -0.05) is 12.1 Å². The Balaban J connectivity index is 1.70. The molecule has 1 amide bonds. The summed E-state index contributed by atoms with van der Waals surface area (Å²) < 4.78 is 0. The highest BCUT2D eigenvalue weighted by Gasteiger charge is 2.48. The van der Waals surface area contributed by atoms with Crippen LogP contribution in [0.2, 0.25) is 0 Å². The van der Waals surface area contributed by atoms with Gasteiger partial charge in [0.15, 0.2) is 0 Å². The van der Waals surface area contributed by atoms with Crippen molar-refractivity contribution in [1.29, 1.82) is 0 Å². The molecule has 1 aromatic rings. The molecule has 1 heterocycles. The van der Waals surface area contributed by atoms with Crippen molar-refractivity contribution in [3.63, 3.8) is 0 Å². The summed E-state index contributed by atoms with van der Waals surface area (Å²) in [6.45, 7) is 2.02. The van der Waals surface area contributed by atoms with Crippen LogP contribution < -0.4 is 10.2 Å². The molecular formula is C16H20N2O3. The number of carbonyl (C=O) groups excluding carboxylic acids is 1. The van der Waals surface area contributed by atoms with E-state index in [2.05, 4.69) is 10.2 Å². The molecule has 1 aliphatic heterocycles. The fraction of sp³-hybridized carbons (Fsp3) is 0.500. The summed E-state index contributed by atoms with van der Waals surface area (Å²) >= 11 is 0. The largest absolute Gasteiger partial charge is 0.481 e. The first kappa shape index (κ1) is 13.9. The number of hydrogen-bond donors (Lipinski definition) is 2. The Kier molecular flexibility index (Phi) is 3.82. The molecule has 5 nitrogen and oxygen atoms in total. The Morgan fingerprint density at radius 3 is 2.48 bits per heavy atom. The highest BCUT2D eigenvalue weighted by molar-refractivity contribution is 6.00. The highest BCUT2D eigenvalue weighted by Crippen LogP contribution is 2.40. The fourth-order valence-corrected chi connectivity index (χ4v) is 2.97. The molecule has 0 bridgehead atoms. The van der Waals surface area contributed by atoms with Gasteiger partial charge in [-0.05, 0) is 37.8 Å². The molecule has 0 unspecified atom stereocenters. The van der Waals surface area contributed by atoms with Crippen molar-refractivity contribution < 1.29 is 14.7 Å². The van der Waals surface area contributed by atoms with E-state index in [9.17, 15) is 9.59 Å². The number of rotatable bonds is 4. The minimum Gasteiger partial charge on any atom is -0.481 e. The summed E-state index contributed by atoms with van der Waals surface area (Å²) in [5, 5.41) is 11.8. The summed E-state index contributed by atoms with van der Waals surface area (Å²) in [5.41, 5.74) is 1.83. The van der Waals surface area contributed by atoms with Gasteiger partial charge in [-0.3, -0.25) is 9.59 Å². The average Bonchev–Trinajstić information content (AvgIpc) is 3.29. The molecule has 1 aliphatic carbocycles. The standard InChI is InChI=1S/C16H20N2O3/c19-15(11-10-12(11)16(20)21)17-13-6-2-3-7-14(13)18-8-4-1-5-9-18/h2-3,6-7,11-12H,1,4-5,8-10H2,(H,17,19)(H,20,21)/t11-,12+/m1/s1. The van der Waals surface area contributed by atoms with Crippen LogP contribution in [0.25, 0.3) is 0 Å². The Morgan fingerprint density at radius 2 is 1.81 bits per heavy atom. The van der Waals surface area contributed by atoms with Crippen LogP contribution in [0.15, 0.2) is 24.3 Å². The molecule has 21 heavy (non-hydrogen) atoms. The Bertz CT molecular complexity index is 552. The molecule has 112 valence electrons. The van der Waals surface area contributed by atoms with Crippen molar-refractivity contribution in [1.82, 2.24) is 0 Å². The maximum atomic E-state index is 12.1. The van der Waals surface area contributed by atoms with Crippen LogP contribution in [0.4, 0.5) is 11.4 Å². The second-order valence-electron chi connectivity index (χ2n) is 5.84.